The Morgan fingerprint density at radius 1 is 1.13 bits per heavy atom. The maximum atomic E-state index is 12.1. The number of carbonyl (C=O) groups is 2. The van der Waals surface area contributed by atoms with Gasteiger partial charge in [0.2, 0.25) is 0 Å². The molecule has 0 bridgehead atoms. The molecule has 0 N–H and O–H groups in total. The van der Waals surface area contributed by atoms with Crippen LogP contribution in [-0.4, -0.2) is 23.3 Å². The molecule has 1 aliphatic rings. The minimum absolute atomic E-state index is 0.0345. The number of benzene rings is 1. The molecule has 4 nitrogen and oxygen atoms in total. The summed E-state index contributed by atoms with van der Waals surface area (Å²) < 4.78 is 5.18. The molecule has 0 aliphatic heterocycles. The summed E-state index contributed by atoms with van der Waals surface area (Å²) in [5, 5.41) is 1.22. The maximum absolute atomic E-state index is 12.1. The van der Waals surface area contributed by atoms with E-state index >= 15 is 0 Å². The summed E-state index contributed by atoms with van der Waals surface area (Å²) in [5.41, 5.74) is 1.13. The largest absolute Gasteiger partial charge is 0.454 e. The molecule has 0 amide bonds. The highest BCUT2D eigenvalue weighted by Gasteiger charge is 2.22. The third-order valence-corrected chi connectivity index (χ3v) is 4.51. The van der Waals surface area contributed by atoms with Gasteiger partial charge in [0.1, 0.15) is 5.15 Å². The van der Waals surface area contributed by atoms with E-state index in [-0.39, 0.29) is 18.3 Å². The van der Waals surface area contributed by atoms with Gasteiger partial charge in [-0.1, -0.05) is 30.9 Å². The smallest absolute Gasteiger partial charge is 0.338 e. The summed E-state index contributed by atoms with van der Waals surface area (Å²) >= 11 is 5.84. The topological polar surface area (TPSA) is 56.3 Å². The van der Waals surface area contributed by atoms with Crippen LogP contribution in [0.4, 0.5) is 0 Å². The van der Waals surface area contributed by atoms with Gasteiger partial charge in [-0.05, 0) is 43.2 Å². The van der Waals surface area contributed by atoms with Crippen molar-refractivity contribution < 1.29 is 14.3 Å². The summed E-state index contributed by atoms with van der Waals surface area (Å²) in [5.74, 6) is -0.391. The van der Waals surface area contributed by atoms with Gasteiger partial charge >= 0.3 is 5.97 Å². The lowest BCUT2D eigenvalue weighted by molar-refractivity contribution is -0.126. The van der Waals surface area contributed by atoms with E-state index in [0.717, 1.165) is 31.1 Å². The zero-order valence-corrected chi connectivity index (χ0v) is 13.5. The Morgan fingerprint density at radius 2 is 1.91 bits per heavy atom. The molecule has 0 atom stereocenters. The fourth-order valence-electron chi connectivity index (χ4n) is 2.99. The van der Waals surface area contributed by atoms with Gasteiger partial charge in [0, 0.05) is 11.3 Å². The molecule has 1 fully saturated rings. The number of nitrogens with zero attached hydrogens (tertiary/aromatic N) is 1. The van der Waals surface area contributed by atoms with Crippen LogP contribution in [-0.2, 0) is 9.53 Å². The number of Topliss-reactive ketones (excluding diaryl/α,β-unsaturated/α-hetero) is 1. The Hall–Kier alpha value is -1.94. The van der Waals surface area contributed by atoms with Crippen LogP contribution in [0.5, 0.6) is 0 Å². The van der Waals surface area contributed by atoms with Crippen molar-refractivity contribution in [3.63, 3.8) is 0 Å². The molecule has 0 saturated heterocycles. The standard InChI is InChI=1S/C18H18ClNO3/c19-17-9-7-13-10-14(6-8-15(13)20-17)18(22)23-11-16(21)12-4-2-1-3-5-12/h6-10,12H,1-5,11H2. The monoisotopic (exact) mass is 331 g/mol. The molecule has 2 aromatic rings. The first-order valence-electron chi connectivity index (χ1n) is 7.89. The number of esters is 1. The Kier molecular flexibility index (Phi) is 4.91. The number of fused-ring (bicyclic) bond motifs is 1. The first-order chi connectivity index (χ1) is 11.1. The van der Waals surface area contributed by atoms with Gasteiger partial charge in [0.15, 0.2) is 12.4 Å². The van der Waals surface area contributed by atoms with E-state index in [9.17, 15) is 9.59 Å². The van der Waals surface area contributed by atoms with Crippen LogP contribution in [0.25, 0.3) is 10.9 Å². The van der Waals surface area contributed by atoms with E-state index in [0.29, 0.717) is 16.2 Å². The molecule has 1 aliphatic carbocycles. The van der Waals surface area contributed by atoms with E-state index in [2.05, 4.69) is 4.98 Å². The van der Waals surface area contributed by atoms with Crippen molar-refractivity contribution in [3.8, 4) is 0 Å². The van der Waals surface area contributed by atoms with Crippen LogP contribution in [0.1, 0.15) is 42.5 Å². The summed E-state index contributed by atoms with van der Waals surface area (Å²) in [6.45, 7) is -0.138. The second-order valence-electron chi connectivity index (χ2n) is 5.92. The van der Waals surface area contributed by atoms with Gasteiger partial charge in [-0.2, -0.15) is 0 Å². The fraction of sp³-hybridized carbons (Fsp3) is 0.389. The number of carbonyl (C=O) groups excluding carboxylic acids is 2. The molecule has 1 aromatic carbocycles. The van der Waals surface area contributed by atoms with E-state index in [1.807, 2.05) is 0 Å². The third kappa shape index (κ3) is 3.88. The molecule has 1 aromatic heterocycles. The number of pyridine rings is 1. The van der Waals surface area contributed by atoms with Crippen molar-refractivity contribution in [3.05, 3.63) is 41.0 Å². The number of aromatic nitrogens is 1. The Balaban J connectivity index is 1.63. The zero-order valence-electron chi connectivity index (χ0n) is 12.8. The molecular formula is C18H18ClNO3. The van der Waals surface area contributed by atoms with Crippen LogP contribution in [0.15, 0.2) is 30.3 Å². The Bertz CT molecular complexity index is 738. The highest BCUT2D eigenvalue weighted by atomic mass is 35.5. The van der Waals surface area contributed by atoms with Crippen molar-refractivity contribution in [2.75, 3.05) is 6.61 Å². The average Bonchev–Trinajstić information content (AvgIpc) is 2.59. The molecule has 1 saturated carbocycles. The quantitative estimate of drug-likeness (QED) is 0.622. The first kappa shape index (κ1) is 15.9. The first-order valence-corrected chi connectivity index (χ1v) is 8.27. The number of ether oxygens (including phenoxy) is 1. The van der Waals surface area contributed by atoms with Gasteiger partial charge in [-0.25, -0.2) is 9.78 Å². The second-order valence-corrected chi connectivity index (χ2v) is 6.31. The molecule has 23 heavy (non-hydrogen) atoms. The fourth-order valence-corrected chi connectivity index (χ4v) is 3.14. The summed E-state index contributed by atoms with van der Waals surface area (Å²) in [6, 6.07) is 8.53. The predicted octanol–water partition coefficient (Wildman–Crippen LogP) is 4.19. The number of ketones is 1. The van der Waals surface area contributed by atoms with Crippen LogP contribution in [0.3, 0.4) is 0 Å². The molecule has 5 heteroatoms. The van der Waals surface area contributed by atoms with E-state index in [4.69, 9.17) is 16.3 Å². The normalized spacial score (nSPS) is 15.5. The van der Waals surface area contributed by atoms with Crippen LogP contribution in [0, 0.1) is 5.92 Å². The van der Waals surface area contributed by atoms with E-state index in [1.54, 1.807) is 30.3 Å². The van der Waals surface area contributed by atoms with Crippen molar-refractivity contribution in [2.45, 2.75) is 32.1 Å². The molecule has 0 spiro atoms. The van der Waals surface area contributed by atoms with Gasteiger partial charge in [-0.3, -0.25) is 4.79 Å². The van der Waals surface area contributed by atoms with E-state index in [1.165, 1.54) is 6.42 Å². The van der Waals surface area contributed by atoms with Crippen molar-refractivity contribution in [1.29, 1.82) is 0 Å². The van der Waals surface area contributed by atoms with E-state index < -0.39 is 5.97 Å². The van der Waals surface area contributed by atoms with Gasteiger partial charge in [0.05, 0.1) is 11.1 Å². The maximum Gasteiger partial charge on any atom is 0.338 e. The molecule has 0 radical (unpaired) electrons. The van der Waals surface area contributed by atoms with Crippen molar-refractivity contribution >= 4 is 34.3 Å². The second kappa shape index (κ2) is 7.09. The Morgan fingerprint density at radius 3 is 2.70 bits per heavy atom. The predicted molar refractivity (Wildman–Crippen MR) is 88.6 cm³/mol. The van der Waals surface area contributed by atoms with Gasteiger partial charge in [0.25, 0.3) is 0 Å². The van der Waals surface area contributed by atoms with Crippen LogP contribution >= 0.6 is 11.6 Å². The summed E-state index contributed by atoms with van der Waals surface area (Å²) in [7, 11) is 0. The van der Waals surface area contributed by atoms with Crippen LogP contribution in [0.2, 0.25) is 5.15 Å². The summed E-state index contributed by atoms with van der Waals surface area (Å²) in [4.78, 5) is 28.4. The van der Waals surface area contributed by atoms with Gasteiger partial charge in [-0.15, -0.1) is 0 Å². The lowest BCUT2D eigenvalue weighted by atomic mass is 9.86. The zero-order chi connectivity index (χ0) is 16.2. The molecule has 120 valence electrons. The number of rotatable bonds is 4. The highest BCUT2D eigenvalue weighted by Crippen LogP contribution is 2.24. The van der Waals surface area contributed by atoms with Crippen molar-refractivity contribution in [1.82, 2.24) is 4.98 Å². The minimum Gasteiger partial charge on any atom is -0.454 e. The van der Waals surface area contributed by atoms with Gasteiger partial charge < -0.3 is 4.74 Å². The Labute approximate surface area is 139 Å². The van der Waals surface area contributed by atoms with Crippen molar-refractivity contribution in [2.24, 2.45) is 5.92 Å². The molecule has 1 heterocycles. The minimum atomic E-state index is -0.481. The lowest BCUT2D eigenvalue weighted by Gasteiger charge is -2.19. The molecule has 3 rings (SSSR count). The number of hydrogen-bond acceptors (Lipinski definition) is 4. The van der Waals surface area contributed by atoms with Crippen LogP contribution < -0.4 is 0 Å². The average molecular weight is 332 g/mol. The summed E-state index contributed by atoms with van der Waals surface area (Å²) in [6.07, 6.45) is 5.20. The number of hydrogen-bond donors (Lipinski definition) is 0. The highest BCUT2D eigenvalue weighted by molar-refractivity contribution is 6.29. The lowest BCUT2D eigenvalue weighted by Crippen LogP contribution is -2.23. The SMILES string of the molecule is O=C(OCC(=O)C1CCCCC1)c1ccc2nc(Cl)ccc2c1. The molecule has 0 unspecified atom stereocenters. The molecular weight excluding hydrogens is 314 g/mol. The third-order valence-electron chi connectivity index (χ3n) is 4.30. The number of halogens is 1.